The molecule has 0 aliphatic carbocycles. The summed E-state index contributed by atoms with van der Waals surface area (Å²) < 4.78 is 26.5. The van der Waals surface area contributed by atoms with Gasteiger partial charge in [-0.25, -0.2) is 24.2 Å². The van der Waals surface area contributed by atoms with E-state index < -0.39 is 10.0 Å². The van der Waals surface area contributed by atoms with Crippen molar-refractivity contribution in [2.45, 2.75) is 11.8 Å². The second-order valence-corrected chi connectivity index (χ2v) is 5.53. The van der Waals surface area contributed by atoms with Crippen LogP contribution >= 0.6 is 0 Å². The molecule has 2 aromatic rings. The van der Waals surface area contributed by atoms with Gasteiger partial charge in [0.05, 0.1) is 0 Å². The van der Waals surface area contributed by atoms with Gasteiger partial charge < -0.3 is 5.43 Å². The molecule has 0 unspecified atom stereocenters. The highest BCUT2D eigenvalue weighted by Gasteiger charge is 2.15. The first-order valence-electron chi connectivity index (χ1n) is 5.39. The van der Waals surface area contributed by atoms with E-state index in [9.17, 15) is 8.42 Å². The number of hydrogen-bond donors (Lipinski definition) is 3. The molecular formula is C11H13N5O2S. The molecule has 19 heavy (non-hydrogen) atoms. The Morgan fingerprint density at radius 1 is 1.05 bits per heavy atom. The van der Waals surface area contributed by atoms with Crippen molar-refractivity contribution < 1.29 is 8.42 Å². The van der Waals surface area contributed by atoms with E-state index in [-0.39, 0.29) is 10.7 Å². The standard InChI is InChI=1S/C11H13N5O2S/c1-8-2-4-11(13-6-8)16-19(17,18)9-3-5-10(15-12)14-7-9/h2-7H,12H2,1H3,(H,13,16)(H,14,15). The largest absolute Gasteiger partial charge is 0.308 e. The van der Waals surface area contributed by atoms with E-state index in [1.807, 2.05) is 6.92 Å². The molecule has 100 valence electrons. The van der Waals surface area contributed by atoms with Gasteiger partial charge in [-0.05, 0) is 30.7 Å². The highest BCUT2D eigenvalue weighted by atomic mass is 32.2. The van der Waals surface area contributed by atoms with Crippen molar-refractivity contribution >= 4 is 21.7 Å². The molecule has 0 fully saturated rings. The third kappa shape index (κ3) is 3.18. The van der Waals surface area contributed by atoms with E-state index in [1.165, 1.54) is 18.3 Å². The van der Waals surface area contributed by atoms with Gasteiger partial charge in [-0.2, -0.15) is 0 Å². The second-order valence-electron chi connectivity index (χ2n) is 3.85. The molecule has 0 saturated carbocycles. The van der Waals surface area contributed by atoms with Crippen LogP contribution in [0.4, 0.5) is 11.6 Å². The van der Waals surface area contributed by atoms with Crippen LogP contribution in [0.5, 0.6) is 0 Å². The Morgan fingerprint density at radius 2 is 1.74 bits per heavy atom. The van der Waals surface area contributed by atoms with Crippen molar-refractivity contribution in [1.29, 1.82) is 0 Å². The summed E-state index contributed by atoms with van der Waals surface area (Å²) in [6.07, 6.45) is 2.79. The van der Waals surface area contributed by atoms with Gasteiger partial charge in [-0.15, -0.1) is 0 Å². The highest BCUT2D eigenvalue weighted by molar-refractivity contribution is 7.92. The van der Waals surface area contributed by atoms with Crippen LogP contribution in [-0.4, -0.2) is 18.4 Å². The molecule has 2 aromatic heterocycles. The van der Waals surface area contributed by atoms with Crippen LogP contribution in [0.3, 0.4) is 0 Å². The molecule has 7 nitrogen and oxygen atoms in total. The first-order chi connectivity index (χ1) is 9.01. The van der Waals surface area contributed by atoms with Crippen LogP contribution in [0.2, 0.25) is 0 Å². The van der Waals surface area contributed by atoms with Crippen LogP contribution in [0.15, 0.2) is 41.6 Å². The first-order valence-corrected chi connectivity index (χ1v) is 6.88. The molecule has 0 aliphatic rings. The van der Waals surface area contributed by atoms with E-state index in [4.69, 9.17) is 5.84 Å². The Balaban J connectivity index is 2.24. The van der Waals surface area contributed by atoms with Crippen molar-refractivity contribution in [3.05, 3.63) is 42.2 Å². The van der Waals surface area contributed by atoms with Gasteiger partial charge in [0.15, 0.2) is 0 Å². The molecule has 0 radical (unpaired) electrons. The van der Waals surface area contributed by atoms with Gasteiger partial charge >= 0.3 is 0 Å². The molecule has 2 heterocycles. The molecule has 0 amide bonds. The molecule has 0 aromatic carbocycles. The molecule has 2 rings (SSSR count). The number of nitrogens with two attached hydrogens (primary N) is 1. The number of sulfonamides is 1. The summed E-state index contributed by atoms with van der Waals surface area (Å²) in [6.45, 7) is 1.87. The van der Waals surface area contributed by atoms with E-state index in [0.717, 1.165) is 5.56 Å². The lowest BCUT2D eigenvalue weighted by molar-refractivity contribution is 0.600. The van der Waals surface area contributed by atoms with Gasteiger partial charge in [-0.1, -0.05) is 6.07 Å². The lowest BCUT2D eigenvalue weighted by Gasteiger charge is -2.07. The van der Waals surface area contributed by atoms with Crippen molar-refractivity contribution in [3.8, 4) is 0 Å². The maximum absolute atomic E-state index is 12.0. The lowest BCUT2D eigenvalue weighted by atomic mass is 10.3. The van der Waals surface area contributed by atoms with Crippen LogP contribution in [-0.2, 0) is 10.0 Å². The zero-order valence-electron chi connectivity index (χ0n) is 10.2. The molecule has 0 saturated heterocycles. The number of nitrogen functional groups attached to an aromatic ring is 1. The topological polar surface area (TPSA) is 110 Å². The summed E-state index contributed by atoms with van der Waals surface area (Å²) in [5.74, 6) is 5.80. The average molecular weight is 279 g/mol. The quantitative estimate of drug-likeness (QED) is 0.566. The summed E-state index contributed by atoms with van der Waals surface area (Å²) in [7, 11) is -3.69. The zero-order valence-corrected chi connectivity index (χ0v) is 11.0. The van der Waals surface area contributed by atoms with Gasteiger partial charge in [0, 0.05) is 12.4 Å². The summed E-state index contributed by atoms with van der Waals surface area (Å²) >= 11 is 0. The third-order valence-electron chi connectivity index (χ3n) is 2.34. The van der Waals surface area contributed by atoms with Gasteiger partial charge in [0.2, 0.25) is 0 Å². The van der Waals surface area contributed by atoms with Crippen LogP contribution in [0, 0.1) is 6.92 Å². The minimum absolute atomic E-state index is 0.0360. The van der Waals surface area contributed by atoms with E-state index >= 15 is 0 Å². The van der Waals surface area contributed by atoms with Crippen molar-refractivity contribution in [1.82, 2.24) is 9.97 Å². The average Bonchev–Trinajstić information content (AvgIpc) is 2.41. The number of hydrogen-bond acceptors (Lipinski definition) is 6. The molecule has 0 atom stereocenters. The minimum atomic E-state index is -3.69. The number of anilines is 2. The predicted molar refractivity (Wildman–Crippen MR) is 71.8 cm³/mol. The smallest absolute Gasteiger partial charge is 0.264 e. The van der Waals surface area contributed by atoms with E-state index in [0.29, 0.717) is 5.82 Å². The lowest BCUT2D eigenvalue weighted by Crippen LogP contribution is -2.15. The normalized spacial score (nSPS) is 11.1. The fourth-order valence-electron chi connectivity index (χ4n) is 1.35. The van der Waals surface area contributed by atoms with Crippen LogP contribution in [0.1, 0.15) is 5.56 Å². The van der Waals surface area contributed by atoms with Crippen molar-refractivity contribution in [2.24, 2.45) is 5.84 Å². The number of hydrazine groups is 1. The van der Waals surface area contributed by atoms with E-state index in [1.54, 1.807) is 18.3 Å². The van der Waals surface area contributed by atoms with Crippen LogP contribution in [0.25, 0.3) is 0 Å². The number of aryl methyl sites for hydroxylation is 1. The minimum Gasteiger partial charge on any atom is -0.308 e. The Hall–Kier alpha value is -2.19. The number of aromatic nitrogens is 2. The number of rotatable bonds is 4. The summed E-state index contributed by atoms with van der Waals surface area (Å²) in [5.41, 5.74) is 3.27. The number of nitrogens with zero attached hydrogens (tertiary/aromatic N) is 2. The van der Waals surface area contributed by atoms with Gasteiger partial charge in [-0.3, -0.25) is 4.72 Å². The molecule has 0 bridgehead atoms. The van der Waals surface area contributed by atoms with Gasteiger partial charge in [0.1, 0.15) is 16.5 Å². The highest BCUT2D eigenvalue weighted by Crippen LogP contribution is 2.14. The zero-order chi connectivity index (χ0) is 13.9. The molecule has 8 heteroatoms. The molecule has 0 spiro atoms. The third-order valence-corrected chi connectivity index (χ3v) is 3.68. The fourth-order valence-corrected chi connectivity index (χ4v) is 2.30. The molecule has 4 N–H and O–H groups in total. The number of pyridine rings is 2. The summed E-state index contributed by atoms with van der Waals surface area (Å²) in [6, 6.07) is 6.23. The Morgan fingerprint density at radius 3 is 2.26 bits per heavy atom. The molecular weight excluding hydrogens is 266 g/mol. The Labute approximate surface area is 110 Å². The maximum atomic E-state index is 12.0. The SMILES string of the molecule is Cc1ccc(NS(=O)(=O)c2ccc(NN)nc2)nc1. The van der Waals surface area contributed by atoms with Crippen molar-refractivity contribution in [3.63, 3.8) is 0 Å². The predicted octanol–water partition coefficient (Wildman–Crippen LogP) is 0.871. The van der Waals surface area contributed by atoms with Crippen molar-refractivity contribution in [2.75, 3.05) is 10.1 Å². The summed E-state index contributed by atoms with van der Waals surface area (Å²) in [5, 5.41) is 0. The maximum Gasteiger partial charge on any atom is 0.264 e. The number of nitrogens with one attached hydrogen (secondary N) is 2. The molecule has 0 aliphatic heterocycles. The first kappa shape index (κ1) is 13.2. The fraction of sp³-hybridized carbons (Fsp3) is 0.0909. The summed E-state index contributed by atoms with van der Waals surface area (Å²) in [4.78, 5) is 7.86. The Bertz CT molecular complexity index is 652. The second kappa shape index (κ2) is 5.21. The van der Waals surface area contributed by atoms with Crippen LogP contribution < -0.4 is 16.0 Å². The van der Waals surface area contributed by atoms with Gasteiger partial charge in [0.25, 0.3) is 10.0 Å². The van der Waals surface area contributed by atoms with E-state index in [2.05, 4.69) is 20.1 Å². The Kier molecular flexibility index (Phi) is 3.63. The monoisotopic (exact) mass is 279 g/mol.